The van der Waals surface area contributed by atoms with Crippen LogP contribution in [-0.4, -0.2) is 30.3 Å². The third kappa shape index (κ3) is 3.72. The zero-order valence-corrected chi connectivity index (χ0v) is 14.7. The third-order valence-corrected chi connectivity index (χ3v) is 4.97. The molecule has 1 aromatic carbocycles. The first-order chi connectivity index (χ1) is 11.7. The summed E-state index contributed by atoms with van der Waals surface area (Å²) in [6.07, 6.45) is 0.332. The fourth-order valence-electron chi connectivity index (χ4n) is 2.09. The summed E-state index contributed by atoms with van der Waals surface area (Å²) in [7, 11) is 3.18. The molecule has 0 unspecified atom stereocenters. The number of methoxy groups -OCH3 is 2. The third-order valence-electron chi connectivity index (χ3n) is 3.23. The van der Waals surface area contributed by atoms with Gasteiger partial charge in [-0.3, -0.25) is 4.79 Å². The van der Waals surface area contributed by atoms with E-state index in [9.17, 15) is 4.79 Å². The molecule has 0 aliphatic rings. The van der Waals surface area contributed by atoms with E-state index in [2.05, 4.69) is 15.5 Å². The predicted octanol–water partition coefficient (Wildman–Crippen LogP) is 3.47. The summed E-state index contributed by atoms with van der Waals surface area (Å²) in [4.78, 5) is 13.0. The number of amides is 1. The molecule has 2 aromatic heterocycles. The van der Waals surface area contributed by atoms with Gasteiger partial charge in [0.1, 0.15) is 11.5 Å². The molecule has 0 saturated carbocycles. The SMILES string of the molecule is COc1ccc(-c2nnc(NC(=O)Cc3cccs3)s2)c(OC)c1. The fraction of sp³-hybridized carbons (Fsp3) is 0.188. The Hall–Kier alpha value is -2.45. The van der Waals surface area contributed by atoms with E-state index in [4.69, 9.17) is 9.47 Å². The second kappa shape index (κ2) is 7.41. The zero-order chi connectivity index (χ0) is 16.9. The van der Waals surface area contributed by atoms with Gasteiger partial charge in [-0.05, 0) is 23.6 Å². The second-order valence-electron chi connectivity index (χ2n) is 4.78. The first-order valence-electron chi connectivity index (χ1n) is 7.07. The molecular formula is C16H15N3O3S2. The molecule has 0 spiro atoms. The van der Waals surface area contributed by atoms with Gasteiger partial charge in [-0.15, -0.1) is 21.5 Å². The van der Waals surface area contributed by atoms with Crippen molar-refractivity contribution in [2.24, 2.45) is 0 Å². The zero-order valence-electron chi connectivity index (χ0n) is 13.1. The van der Waals surface area contributed by atoms with E-state index in [1.807, 2.05) is 29.6 Å². The number of rotatable bonds is 6. The smallest absolute Gasteiger partial charge is 0.231 e. The van der Waals surface area contributed by atoms with Gasteiger partial charge in [0.15, 0.2) is 5.01 Å². The highest BCUT2D eigenvalue weighted by Gasteiger charge is 2.14. The quantitative estimate of drug-likeness (QED) is 0.728. The molecule has 0 radical (unpaired) electrons. The number of carbonyl (C=O) groups excluding carboxylic acids is 1. The number of carbonyl (C=O) groups is 1. The number of nitrogens with one attached hydrogen (secondary N) is 1. The summed E-state index contributed by atoms with van der Waals surface area (Å²) in [6, 6.07) is 9.32. The molecular weight excluding hydrogens is 346 g/mol. The van der Waals surface area contributed by atoms with Crippen LogP contribution in [0.3, 0.4) is 0 Å². The lowest BCUT2D eigenvalue weighted by atomic mass is 10.2. The lowest BCUT2D eigenvalue weighted by molar-refractivity contribution is -0.115. The number of ether oxygens (including phenoxy) is 2. The van der Waals surface area contributed by atoms with Gasteiger partial charge >= 0.3 is 0 Å². The maximum absolute atomic E-state index is 12.0. The van der Waals surface area contributed by atoms with E-state index >= 15 is 0 Å². The van der Waals surface area contributed by atoms with Gasteiger partial charge in [0.25, 0.3) is 0 Å². The van der Waals surface area contributed by atoms with E-state index in [-0.39, 0.29) is 5.91 Å². The molecule has 0 aliphatic carbocycles. The Kier molecular flexibility index (Phi) is 5.07. The number of anilines is 1. The van der Waals surface area contributed by atoms with Crippen molar-refractivity contribution < 1.29 is 14.3 Å². The summed E-state index contributed by atoms with van der Waals surface area (Å²) in [6.45, 7) is 0. The Morgan fingerprint density at radius 2 is 2.08 bits per heavy atom. The van der Waals surface area contributed by atoms with E-state index in [0.29, 0.717) is 28.1 Å². The van der Waals surface area contributed by atoms with Crippen LogP contribution in [0, 0.1) is 0 Å². The summed E-state index contributed by atoms with van der Waals surface area (Å²) < 4.78 is 10.6. The van der Waals surface area contributed by atoms with E-state index in [1.54, 1.807) is 31.6 Å². The first kappa shape index (κ1) is 16.4. The van der Waals surface area contributed by atoms with Crippen molar-refractivity contribution in [1.82, 2.24) is 10.2 Å². The number of thiophene rings is 1. The second-order valence-corrected chi connectivity index (χ2v) is 6.79. The van der Waals surface area contributed by atoms with E-state index in [1.165, 1.54) is 11.3 Å². The standard InChI is InChI=1S/C16H15N3O3S2/c1-21-10-5-6-12(13(8-10)22-2)15-18-19-16(24-15)17-14(20)9-11-4-3-7-23-11/h3-8H,9H2,1-2H3,(H,17,19,20). The number of nitrogens with zero attached hydrogens (tertiary/aromatic N) is 2. The topological polar surface area (TPSA) is 73.3 Å². The molecule has 3 rings (SSSR count). The van der Waals surface area contributed by atoms with Crippen molar-refractivity contribution in [3.8, 4) is 22.1 Å². The van der Waals surface area contributed by atoms with E-state index < -0.39 is 0 Å². The van der Waals surface area contributed by atoms with Crippen LogP contribution < -0.4 is 14.8 Å². The summed E-state index contributed by atoms with van der Waals surface area (Å²) in [5.41, 5.74) is 0.801. The van der Waals surface area contributed by atoms with Crippen LogP contribution >= 0.6 is 22.7 Å². The monoisotopic (exact) mass is 361 g/mol. The van der Waals surface area contributed by atoms with Crippen molar-refractivity contribution in [2.75, 3.05) is 19.5 Å². The van der Waals surface area contributed by atoms with Crippen molar-refractivity contribution in [2.45, 2.75) is 6.42 Å². The number of benzene rings is 1. The minimum absolute atomic E-state index is 0.109. The normalized spacial score (nSPS) is 10.4. The van der Waals surface area contributed by atoms with Gasteiger partial charge in [-0.25, -0.2) is 0 Å². The highest BCUT2D eigenvalue weighted by Crippen LogP contribution is 2.35. The van der Waals surface area contributed by atoms with Gasteiger partial charge in [0.05, 0.1) is 26.2 Å². The first-order valence-corrected chi connectivity index (χ1v) is 8.77. The molecule has 2 heterocycles. The minimum atomic E-state index is -0.109. The molecule has 3 aromatic rings. The highest BCUT2D eigenvalue weighted by molar-refractivity contribution is 7.18. The highest BCUT2D eigenvalue weighted by atomic mass is 32.1. The Morgan fingerprint density at radius 1 is 1.21 bits per heavy atom. The molecule has 8 heteroatoms. The van der Waals surface area contributed by atoms with Crippen LogP contribution in [0.15, 0.2) is 35.7 Å². The molecule has 24 heavy (non-hydrogen) atoms. The Morgan fingerprint density at radius 3 is 2.79 bits per heavy atom. The van der Waals surface area contributed by atoms with Crippen LogP contribution in [0.5, 0.6) is 11.5 Å². The maximum Gasteiger partial charge on any atom is 0.231 e. The van der Waals surface area contributed by atoms with Gasteiger partial charge in [-0.1, -0.05) is 17.4 Å². The molecule has 0 bridgehead atoms. The number of aromatic nitrogens is 2. The van der Waals surface area contributed by atoms with Crippen molar-refractivity contribution in [3.05, 3.63) is 40.6 Å². The van der Waals surface area contributed by atoms with Crippen molar-refractivity contribution in [3.63, 3.8) is 0 Å². The van der Waals surface area contributed by atoms with Crippen LogP contribution in [0.25, 0.3) is 10.6 Å². The summed E-state index contributed by atoms with van der Waals surface area (Å²) in [5, 5.41) is 14.0. The van der Waals surface area contributed by atoms with Crippen LogP contribution in [0.1, 0.15) is 4.88 Å². The summed E-state index contributed by atoms with van der Waals surface area (Å²) in [5.74, 6) is 1.23. The van der Waals surface area contributed by atoms with Gasteiger partial charge in [-0.2, -0.15) is 0 Å². The lowest BCUT2D eigenvalue weighted by Crippen LogP contribution is -2.13. The Labute approximate surface area is 147 Å². The molecule has 124 valence electrons. The molecule has 0 atom stereocenters. The molecule has 0 fully saturated rings. The largest absolute Gasteiger partial charge is 0.497 e. The molecule has 1 amide bonds. The molecule has 1 N–H and O–H groups in total. The van der Waals surface area contributed by atoms with Gasteiger partial charge < -0.3 is 14.8 Å². The van der Waals surface area contributed by atoms with Gasteiger partial charge in [0, 0.05) is 10.9 Å². The average molecular weight is 361 g/mol. The van der Waals surface area contributed by atoms with Crippen molar-refractivity contribution >= 4 is 33.7 Å². The number of hydrogen-bond acceptors (Lipinski definition) is 7. The Bertz CT molecular complexity index is 831. The van der Waals surface area contributed by atoms with Crippen LogP contribution in [-0.2, 0) is 11.2 Å². The predicted molar refractivity (Wildman–Crippen MR) is 95.1 cm³/mol. The lowest BCUT2D eigenvalue weighted by Gasteiger charge is -2.07. The van der Waals surface area contributed by atoms with Gasteiger partial charge in [0.2, 0.25) is 11.0 Å². The average Bonchev–Trinajstić information content (AvgIpc) is 3.26. The maximum atomic E-state index is 12.0. The van der Waals surface area contributed by atoms with Crippen LogP contribution in [0.2, 0.25) is 0 Å². The number of hydrogen-bond donors (Lipinski definition) is 1. The summed E-state index contributed by atoms with van der Waals surface area (Å²) >= 11 is 2.85. The van der Waals surface area contributed by atoms with Crippen LogP contribution in [0.4, 0.5) is 5.13 Å². The van der Waals surface area contributed by atoms with Crippen molar-refractivity contribution in [1.29, 1.82) is 0 Å². The minimum Gasteiger partial charge on any atom is -0.497 e. The molecule has 0 saturated heterocycles. The van der Waals surface area contributed by atoms with E-state index in [0.717, 1.165) is 10.4 Å². The fourth-order valence-corrected chi connectivity index (χ4v) is 3.59. The molecule has 0 aliphatic heterocycles. The Balaban J connectivity index is 1.74. The molecule has 6 nitrogen and oxygen atoms in total.